The normalized spacial score (nSPS) is 37.9. The van der Waals surface area contributed by atoms with Gasteiger partial charge < -0.3 is 5.32 Å². The molecular weight excluding hydrogens is 252 g/mol. The van der Waals surface area contributed by atoms with Crippen molar-refractivity contribution in [3.63, 3.8) is 0 Å². The van der Waals surface area contributed by atoms with Crippen LogP contribution in [0.15, 0.2) is 24.3 Å². The summed E-state index contributed by atoms with van der Waals surface area (Å²) in [4.78, 5) is 10.8. The molecule has 0 saturated heterocycles. The van der Waals surface area contributed by atoms with Crippen LogP contribution in [0.2, 0.25) is 0 Å². The number of benzene rings is 1. The molecule has 1 N–H and O–H groups in total. The van der Waals surface area contributed by atoms with Crippen molar-refractivity contribution in [1.82, 2.24) is 0 Å². The first-order chi connectivity index (χ1) is 9.74. The quantitative estimate of drug-likeness (QED) is 0.672. The molecule has 5 atom stereocenters. The van der Waals surface area contributed by atoms with Crippen LogP contribution in [0.3, 0.4) is 0 Å². The average molecular weight is 272 g/mol. The van der Waals surface area contributed by atoms with Crippen LogP contribution in [-0.4, -0.2) is 11.0 Å². The summed E-state index contributed by atoms with van der Waals surface area (Å²) in [7, 11) is 0. The highest BCUT2D eigenvalue weighted by Crippen LogP contribution is 2.59. The molecular formula is C16H20N2O2. The van der Waals surface area contributed by atoms with Gasteiger partial charge in [0.15, 0.2) is 0 Å². The summed E-state index contributed by atoms with van der Waals surface area (Å²) < 4.78 is 0. The zero-order valence-electron chi connectivity index (χ0n) is 11.5. The van der Waals surface area contributed by atoms with Gasteiger partial charge in [0, 0.05) is 12.1 Å². The molecule has 0 aliphatic heterocycles. The lowest BCUT2D eigenvalue weighted by molar-refractivity contribution is -0.384. The van der Waals surface area contributed by atoms with Crippen molar-refractivity contribution in [3.05, 3.63) is 34.4 Å². The van der Waals surface area contributed by atoms with E-state index in [0.717, 1.165) is 23.7 Å². The molecule has 0 aromatic heterocycles. The molecule has 5 unspecified atom stereocenters. The van der Waals surface area contributed by atoms with E-state index in [0.29, 0.717) is 11.7 Å². The molecule has 4 rings (SSSR count). The molecule has 3 fully saturated rings. The van der Waals surface area contributed by atoms with Crippen molar-refractivity contribution >= 4 is 11.4 Å². The van der Waals surface area contributed by atoms with Gasteiger partial charge in [-0.1, -0.05) is 18.6 Å². The van der Waals surface area contributed by atoms with Crippen molar-refractivity contribution in [2.45, 2.75) is 38.1 Å². The molecule has 0 radical (unpaired) electrons. The minimum atomic E-state index is -0.284. The summed E-state index contributed by atoms with van der Waals surface area (Å²) in [6.45, 7) is 0. The zero-order chi connectivity index (χ0) is 13.7. The fourth-order valence-electron chi connectivity index (χ4n) is 5.19. The van der Waals surface area contributed by atoms with Gasteiger partial charge in [-0.3, -0.25) is 10.1 Å². The SMILES string of the molecule is O=[N+]([O-])c1ccccc1NC1CC2CC1C1CCCC21. The first-order valence-electron chi connectivity index (χ1n) is 7.74. The average Bonchev–Trinajstić information content (AvgIpc) is 3.10. The molecule has 3 aliphatic rings. The van der Waals surface area contributed by atoms with Crippen LogP contribution in [0.5, 0.6) is 0 Å². The van der Waals surface area contributed by atoms with Gasteiger partial charge in [-0.05, 0) is 55.4 Å². The first-order valence-corrected chi connectivity index (χ1v) is 7.74. The molecule has 0 heterocycles. The van der Waals surface area contributed by atoms with E-state index in [-0.39, 0.29) is 10.6 Å². The summed E-state index contributed by atoms with van der Waals surface area (Å²) in [5.74, 6) is 3.46. The van der Waals surface area contributed by atoms with Gasteiger partial charge in [-0.2, -0.15) is 0 Å². The predicted octanol–water partition coefficient (Wildman–Crippen LogP) is 3.83. The second-order valence-corrected chi connectivity index (χ2v) is 6.68. The van der Waals surface area contributed by atoms with Crippen molar-refractivity contribution in [2.75, 3.05) is 5.32 Å². The molecule has 4 heteroatoms. The van der Waals surface area contributed by atoms with Crippen LogP contribution in [0.4, 0.5) is 11.4 Å². The van der Waals surface area contributed by atoms with E-state index in [2.05, 4.69) is 5.32 Å². The fourth-order valence-corrected chi connectivity index (χ4v) is 5.19. The topological polar surface area (TPSA) is 55.2 Å². The van der Waals surface area contributed by atoms with Crippen molar-refractivity contribution in [1.29, 1.82) is 0 Å². The minimum Gasteiger partial charge on any atom is -0.376 e. The Morgan fingerprint density at radius 2 is 1.90 bits per heavy atom. The number of anilines is 1. The van der Waals surface area contributed by atoms with Crippen molar-refractivity contribution < 1.29 is 4.92 Å². The highest BCUT2D eigenvalue weighted by Gasteiger charge is 2.53. The Morgan fingerprint density at radius 3 is 2.75 bits per heavy atom. The summed E-state index contributed by atoms with van der Waals surface area (Å²) in [5, 5.41) is 14.6. The largest absolute Gasteiger partial charge is 0.376 e. The molecule has 3 saturated carbocycles. The summed E-state index contributed by atoms with van der Waals surface area (Å²) in [6.07, 6.45) is 6.73. The van der Waals surface area contributed by atoms with Crippen LogP contribution >= 0.6 is 0 Å². The number of nitro groups is 1. The molecule has 1 aromatic rings. The second kappa shape index (κ2) is 4.47. The minimum absolute atomic E-state index is 0.207. The molecule has 4 nitrogen and oxygen atoms in total. The molecule has 0 spiro atoms. The Morgan fingerprint density at radius 1 is 1.10 bits per heavy atom. The van der Waals surface area contributed by atoms with E-state index < -0.39 is 0 Å². The number of rotatable bonds is 3. The van der Waals surface area contributed by atoms with Crippen LogP contribution in [-0.2, 0) is 0 Å². The van der Waals surface area contributed by atoms with Gasteiger partial charge >= 0.3 is 0 Å². The number of nitrogens with zero attached hydrogens (tertiary/aromatic N) is 1. The van der Waals surface area contributed by atoms with Gasteiger partial charge in [-0.15, -0.1) is 0 Å². The van der Waals surface area contributed by atoms with Gasteiger partial charge in [0.2, 0.25) is 0 Å². The second-order valence-electron chi connectivity index (χ2n) is 6.68. The number of nitrogens with one attached hydrogen (secondary N) is 1. The Labute approximate surface area is 118 Å². The maximum absolute atomic E-state index is 11.1. The molecule has 20 heavy (non-hydrogen) atoms. The van der Waals surface area contributed by atoms with Gasteiger partial charge in [0.25, 0.3) is 5.69 Å². The molecule has 2 bridgehead atoms. The lowest BCUT2D eigenvalue weighted by Crippen LogP contribution is -2.34. The lowest BCUT2D eigenvalue weighted by atomic mass is 9.79. The van der Waals surface area contributed by atoms with E-state index in [1.54, 1.807) is 12.1 Å². The third kappa shape index (κ3) is 1.74. The van der Waals surface area contributed by atoms with E-state index in [1.165, 1.54) is 32.1 Å². The van der Waals surface area contributed by atoms with Gasteiger partial charge in [-0.25, -0.2) is 0 Å². The Bertz CT molecular complexity index is 545. The smallest absolute Gasteiger partial charge is 0.292 e. The van der Waals surface area contributed by atoms with E-state index in [4.69, 9.17) is 0 Å². The summed E-state index contributed by atoms with van der Waals surface area (Å²) in [5.41, 5.74) is 0.905. The van der Waals surface area contributed by atoms with E-state index in [1.807, 2.05) is 12.1 Å². The number of nitro benzene ring substituents is 1. The number of para-hydroxylation sites is 2. The third-order valence-electron chi connectivity index (χ3n) is 5.87. The molecule has 1 aromatic carbocycles. The van der Waals surface area contributed by atoms with Crippen molar-refractivity contribution in [2.24, 2.45) is 23.7 Å². The Hall–Kier alpha value is -1.58. The Balaban J connectivity index is 1.55. The van der Waals surface area contributed by atoms with Crippen LogP contribution in [0.1, 0.15) is 32.1 Å². The standard InChI is InChI=1S/C16H20N2O2/c19-18(20)16-7-2-1-6-14(16)17-15-9-10-8-13(15)12-5-3-4-11(10)12/h1-2,6-7,10-13,15,17H,3-5,8-9H2. The monoisotopic (exact) mass is 272 g/mol. The molecule has 0 amide bonds. The predicted molar refractivity (Wildman–Crippen MR) is 77.6 cm³/mol. The third-order valence-corrected chi connectivity index (χ3v) is 5.87. The summed E-state index contributed by atoms with van der Waals surface area (Å²) >= 11 is 0. The van der Waals surface area contributed by atoms with Crippen LogP contribution in [0.25, 0.3) is 0 Å². The maximum Gasteiger partial charge on any atom is 0.292 e. The highest BCUT2D eigenvalue weighted by atomic mass is 16.6. The van der Waals surface area contributed by atoms with Crippen LogP contribution in [0, 0.1) is 33.8 Å². The zero-order valence-corrected chi connectivity index (χ0v) is 11.5. The fraction of sp³-hybridized carbons (Fsp3) is 0.625. The molecule has 3 aliphatic carbocycles. The number of fused-ring (bicyclic) bond motifs is 5. The number of hydrogen-bond acceptors (Lipinski definition) is 3. The maximum atomic E-state index is 11.1. The van der Waals surface area contributed by atoms with Crippen molar-refractivity contribution in [3.8, 4) is 0 Å². The summed E-state index contributed by atoms with van der Waals surface area (Å²) in [6, 6.07) is 7.49. The van der Waals surface area contributed by atoms with Gasteiger partial charge in [0.05, 0.1) is 4.92 Å². The van der Waals surface area contributed by atoms with E-state index >= 15 is 0 Å². The van der Waals surface area contributed by atoms with Crippen LogP contribution < -0.4 is 5.32 Å². The Kier molecular flexibility index (Phi) is 2.72. The highest BCUT2D eigenvalue weighted by molar-refractivity contribution is 5.61. The molecule has 106 valence electrons. The van der Waals surface area contributed by atoms with Gasteiger partial charge in [0.1, 0.15) is 5.69 Å². The first kappa shape index (κ1) is 12.2. The number of hydrogen-bond donors (Lipinski definition) is 1. The van der Waals surface area contributed by atoms with E-state index in [9.17, 15) is 10.1 Å². The lowest BCUT2D eigenvalue weighted by Gasteiger charge is -2.32.